The molecule has 2 aromatic carbocycles. The van der Waals surface area contributed by atoms with Gasteiger partial charge in [0.1, 0.15) is 11.5 Å². The summed E-state index contributed by atoms with van der Waals surface area (Å²) in [6, 6.07) is 8.86. The second-order valence-corrected chi connectivity index (χ2v) is 11.0. The van der Waals surface area contributed by atoms with Gasteiger partial charge in [0, 0.05) is 24.3 Å². The quantitative estimate of drug-likeness (QED) is 0.165. The number of alkyl halides is 3. The molecule has 0 aliphatic heterocycles. The molecule has 10 nitrogen and oxygen atoms in total. The van der Waals surface area contributed by atoms with Crippen LogP contribution in [0.3, 0.4) is 0 Å². The van der Waals surface area contributed by atoms with Gasteiger partial charge >= 0.3 is 6.18 Å². The van der Waals surface area contributed by atoms with Crippen molar-refractivity contribution in [3.63, 3.8) is 0 Å². The number of rotatable bonds is 11. The lowest BCUT2D eigenvalue weighted by molar-refractivity contribution is -0.127. The number of hydrogen-bond donors (Lipinski definition) is 5. The van der Waals surface area contributed by atoms with Gasteiger partial charge in [0.2, 0.25) is 10.0 Å². The third-order valence-electron chi connectivity index (χ3n) is 6.08. The first-order valence-electron chi connectivity index (χ1n) is 12.2. The van der Waals surface area contributed by atoms with Crippen LogP contribution < -0.4 is 21.1 Å². The highest BCUT2D eigenvalue weighted by Gasteiger charge is 2.31. The van der Waals surface area contributed by atoms with Crippen LogP contribution in [0.1, 0.15) is 30.5 Å². The number of phenolic OH excluding ortho intramolecular Hbond substituents is 1. The van der Waals surface area contributed by atoms with Crippen LogP contribution in [-0.4, -0.2) is 48.6 Å². The minimum absolute atomic E-state index is 0.125. The summed E-state index contributed by atoms with van der Waals surface area (Å²) >= 11 is 0. The number of pyridine rings is 1. The van der Waals surface area contributed by atoms with E-state index in [4.69, 9.17) is 16.9 Å². The molecule has 1 aromatic heterocycles. The van der Waals surface area contributed by atoms with Crippen molar-refractivity contribution >= 4 is 38.8 Å². The largest absolute Gasteiger partial charge is 0.505 e. The molecule has 7 N–H and O–H groups in total. The Morgan fingerprint density at radius 1 is 1.15 bits per heavy atom. The summed E-state index contributed by atoms with van der Waals surface area (Å²) in [7, 11) is -3.65. The van der Waals surface area contributed by atoms with Crippen LogP contribution >= 0.6 is 0 Å². The van der Waals surface area contributed by atoms with Gasteiger partial charge in [-0.25, -0.2) is 17.8 Å². The van der Waals surface area contributed by atoms with Crippen LogP contribution in [-0.2, 0) is 27.8 Å². The van der Waals surface area contributed by atoms with Crippen LogP contribution in [0, 0.1) is 11.2 Å². The van der Waals surface area contributed by atoms with Crippen molar-refractivity contribution in [2.45, 2.75) is 33.0 Å². The summed E-state index contributed by atoms with van der Waals surface area (Å²) in [6.45, 7) is 3.16. The second-order valence-electron chi connectivity index (χ2n) is 8.86. The lowest BCUT2D eigenvalue weighted by atomic mass is 9.98. The van der Waals surface area contributed by atoms with Gasteiger partial charge in [-0.2, -0.15) is 13.2 Å². The Balaban J connectivity index is 2.18. The number of carbonyl (C=O) groups excluding carboxylic acids is 1. The molecule has 0 radical (unpaired) electrons. The molecule has 1 heterocycles. The van der Waals surface area contributed by atoms with Gasteiger partial charge in [-0.15, -0.1) is 0 Å². The lowest BCUT2D eigenvalue weighted by Gasteiger charge is -2.25. The van der Waals surface area contributed by atoms with Crippen molar-refractivity contribution in [2.24, 2.45) is 5.73 Å². The molecular formula is C26H28F4N6O4S. The molecule has 1 amide bonds. The molecule has 3 aromatic rings. The van der Waals surface area contributed by atoms with E-state index < -0.39 is 51.4 Å². The molecule has 0 aliphatic carbocycles. The molecule has 15 heteroatoms. The number of nitrogen functional groups attached to an aromatic ring is 1. The number of anilines is 3. The van der Waals surface area contributed by atoms with E-state index in [2.05, 4.69) is 10.3 Å². The number of hydrogen-bond acceptors (Lipinski definition) is 8. The van der Waals surface area contributed by atoms with Crippen LogP contribution in [0.2, 0.25) is 0 Å². The maximum atomic E-state index is 14.3. The van der Waals surface area contributed by atoms with Gasteiger partial charge in [0.25, 0.3) is 5.91 Å². The van der Waals surface area contributed by atoms with Crippen molar-refractivity contribution in [2.75, 3.05) is 27.7 Å². The molecule has 0 fully saturated rings. The average Bonchev–Trinajstić information content (AvgIpc) is 2.88. The monoisotopic (exact) mass is 596 g/mol. The van der Waals surface area contributed by atoms with Crippen molar-refractivity contribution in [1.82, 2.24) is 4.98 Å². The summed E-state index contributed by atoms with van der Waals surface area (Å²) in [5, 5.41) is 20.7. The van der Waals surface area contributed by atoms with Gasteiger partial charge in [0.05, 0.1) is 29.1 Å². The van der Waals surface area contributed by atoms with Crippen LogP contribution in [0.15, 0.2) is 42.5 Å². The summed E-state index contributed by atoms with van der Waals surface area (Å²) < 4.78 is 80.7. The standard InChI is InChI=1S/C26H28F4N6O4S/c1-3-36(41(39,40)4-2)20-8-6-5-7-14(20)13-34-25-22(23(32)24(33)38)18(31)11-19(35-25)16-10-17(27)21(37)9-15(16)12-26(28,29)30/h5-11,32,37H,3-4,12-13H2,1-2H3,(H2,33,38)(H3,31,34,35). The minimum Gasteiger partial charge on any atom is -0.505 e. The molecule has 0 spiro atoms. The number of primary amides is 1. The number of benzene rings is 2. The number of carbonyl (C=O) groups is 1. The van der Waals surface area contributed by atoms with Gasteiger partial charge < -0.3 is 21.9 Å². The Labute approximate surface area is 233 Å². The van der Waals surface area contributed by atoms with Crippen LogP contribution in [0.4, 0.5) is 34.8 Å². The molecule has 3 rings (SSSR count). The van der Waals surface area contributed by atoms with Gasteiger partial charge in [-0.05, 0) is 49.2 Å². The number of aromatic hydroxyl groups is 1. The zero-order chi connectivity index (χ0) is 30.7. The Bertz CT molecular complexity index is 1600. The molecular weight excluding hydrogens is 568 g/mol. The lowest BCUT2D eigenvalue weighted by Crippen LogP contribution is -2.33. The minimum atomic E-state index is -4.71. The maximum Gasteiger partial charge on any atom is 0.393 e. The third kappa shape index (κ3) is 7.03. The highest BCUT2D eigenvalue weighted by molar-refractivity contribution is 7.92. The first kappa shape index (κ1) is 31.1. The zero-order valence-electron chi connectivity index (χ0n) is 22.0. The van der Waals surface area contributed by atoms with E-state index in [1.54, 1.807) is 31.2 Å². The van der Waals surface area contributed by atoms with Gasteiger partial charge in [-0.3, -0.25) is 14.5 Å². The number of phenols is 1. The van der Waals surface area contributed by atoms with E-state index >= 15 is 0 Å². The van der Waals surface area contributed by atoms with E-state index in [0.717, 1.165) is 6.07 Å². The Hall–Kier alpha value is -4.40. The number of para-hydroxylation sites is 1. The van der Waals surface area contributed by atoms with E-state index in [9.17, 15) is 35.9 Å². The van der Waals surface area contributed by atoms with E-state index in [1.165, 1.54) is 11.2 Å². The Morgan fingerprint density at radius 3 is 2.39 bits per heavy atom. The zero-order valence-corrected chi connectivity index (χ0v) is 22.8. The van der Waals surface area contributed by atoms with E-state index in [-0.39, 0.29) is 47.2 Å². The molecule has 0 saturated carbocycles. The molecule has 0 saturated heterocycles. The Kier molecular flexibility index (Phi) is 9.11. The fourth-order valence-electron chi connectivity index (χ4n) is 4.18. The highest BCUT2D eigenvalue weighted by Crippen LogP contribution is 2.36. The molecule has 220 valence electrons. The van der Waals surface area contributed by atoms with Gasteiger partial charge in [-0.1, -0.05) is 18.2 Å². The fraction of sp³-hybridized carbons (Fsp3) is 0.269. The molecule has 41 heavy (non-hydrogen) atoms. The van der Waals surface area contributed by atoms with Gasteiger partial charge in [0.15, 0.2) is 11.6 Å². The SMILES string of the molecule is CCN(c1ccccc1CNc1nc(-c2cc(F)c(O)cc2CC(F)(F)F)cc(N)c1C(=N)C(N)=O)S(=O)(=O)CC. The summed E-state index contributed by atoms with van der Waals surface area (Å²) in [4.78, 5) is 16.1. The van der Waals surface area contributed by atoms with E-state index in [0.29, 0.717) is 23.4 Å². The second kappa shape index (κ2) is 12.0. The number of halogens is 4. The smallest absolute Gasteiger partial charge is 0.393 e. The molecule has 0 bridgehead atoms. The highest BCUT2D eigenvalue weighted by atomic mass is 32.2. The Morgan fingerprint density at radius 2 is 1.80 bits per heavy atom. The summed E-state index contributed by atoms with van der Waals surface area (Å²) in [5.41, 5.74) is 9.82. The number of nitrogens with one attached hydrogen (secondary N) is 2. The predicted octanol–water partition coefficient (Wildman–Crippen LogP) is 3.92. The van der Waals surface area contributed by atoms with Crippen LogP contribution in [0.25, 0.3) is 11.3 Å². The van der Waals surface area contributed by atoms with Crippen molar-refractivity contribution < 1.29 is 35.9 Å². The maximum absolute atomic E-state index is 14.3. The first-order valence-corrected chi connectivity index (χ1v) is 13.8. The first-order chi connectivity index (χ1) is 19.1. The van der Waals surface area contributed by atoms with Crippen LogP contribution in [0.5, 0.6) is 5.75 Å². The van der Waals surface area contributed by atoms with Crippen molar-refractivity contribution in [3.8, 4) is 17.0 Å². The average molecular weight is 597 g/mol. The fourth-order valence-corrected chi connectivity index (χ4v) is 5.36. The summed E-state index contributed by atoms with van der Waals surface area (Å²) in [5.74, 6) is -3.78. The van der Waals surface area contributed by atoms with E-state index in [1.807, 2.05) is 0 Å². The molecule has 0 aliphatic rings. The number of sulfonamides is 1. The number of aromatic nitrogens is 1. The topological polar surface area (TPSA) is 175 Å². The number of nitrogens with zero attached hydrogens (tertiary/aromatic N) is 2. The summed E-state index contributed by atoms with van der Waals surface area (Å²) in [6.07, 6.45) is -6.24. The molecule has 0 unspecified atom stereocenters. The molecule has 0 atom stereocenters. The van der Waals surface area contributed by atoms with Crippen molar-refractivity contribution in [3.05, 3.63) is 65.0 Å². The number of amides is 1. The van der Waals surface area contributed by atoms with Crippen molar-refractivity contribution in [1.29, 1.82) is 5.41 Å². The third-order valence-corrected chi connectivity index (χ3v) is 7.94. The number of nitrogens with two attached hydrogens (primary N) is 2. The normalized spacial score (nSPS) is 11.8. The predicted molar refractivity (Wildman–Crippen MR) is 148 cm³/mol.